The van der Waals surface area contributed by atoms with Crippen LogP contribution in [0.15, 0.2) is 40.9 Å². The van der Waals surface area contributed by atoms with Gasteiger partial charge in [0.15, 0.2) is 0 Å². The maximum absolute atomic E-state index is 13.7. The molecule has 0 bridgehead atoms. The topological polar surface area (TPSA) is 20.3 Å². The molecule has 2 aromatic carbocycles. The monoisotopic (exact) mass is 389 g/mol. The second-order valence-electron chi connectivity index (χ2n) is 4.52. The number of nitrogens with zero attached hydrogens (tertiary/aromatic N) is 1. The van der Waals surface area contributed by atoms with Gasteiger partial charge in [-0.05, 0) is 35.9 Å². The van der Waals surface area contributed by atoms with Gasteiger partial charge in [-0.2, -0.15) is 0 Å². The Bertz CT molecular complexity index is 693. The normalized spacial score (nSPS) is 10.5. The number of hydrogen-bond acceptors (Lipinski definition) is 1. The third-order valence-electron chi connectivity index (χ3n) is 2.93. The Morgan fingerprint density at radius 2 is 1.95 bits per heavy atom. The molecule has 2 aromatic rings. The highest BCUT2D eigenvalue weighted by molar-refractivity contribution is 9.10. The fourth-order valence-corrected chi connectivity index (χ4v) is 2.67. The van der Waals surface area contributed by atoms with Crippen LogP contribution in [0.3, 0.4) is 0 Å². The SMILES string of the molecule is CN(Cc1ccc(Cl)cc1Cl)C(=O)c1cc(Br)ccc1F. The molecule has 0 N–H and O–H groups in total. The van der Waals surface area contributed by atoms with Crippen LogP contribution in [0.5, 0.6) is 0 Å². The van der Waals surface area contributed by atoms with Gasteiger partial charge < -0.3 is 4.90 Å². The van der Waals surface area contributed by atoms with Crippen molar-refractivity contribution in [1.29, 1.82) is 0 Å². The molecule has 0 fully saturated rings. The first kappa shape index (κ1) is 16.3. The van der Waals surface area contributed by atoms with Gasteiger partial charge >= 0.3 is 0 Å². The van der Waals surface area contributed by atoms with E-state index in [1.807, 2.05) is 0 Å². The number of carbonyl (C=O) groups is 1. The third kappa shape index (κ3) is 3.96. The average molecular weight is 391 g/mol. The van der Waals surface area contributed by atoms with Crippen molar-refractivity contribution in [1.82, 2.24) is 4.90 Å². The number of benzene rings is 2. The summed E-state index contributed by atoms with van der Waals surface area (Å²) in [7, 11) is 1.59. The van der Waals surface area contributed by atoms with E-state index < -0.39 is 11.7 Å². The fourth-order valence-electron chi connectivity index (χ4n) is 1.84. The van der Waals surface area contributed by atoms with Gasteiger partial charge in [0, 0.05) is 28.1 Å². The van der Waals surface area contributed by atoms with Crippen LogP contribution in [0.1, 0.15) is 15.9 Å². The van der Waals surface area contributed by atoms with Gasteiger partial charge in [0.05, 0.1) is 5.56 Å². The molecule has 0 atom stereocenters. The highest BCUT2D eigenvalue weighted by atomic mass is 79.9. The van der Waals surface area contributed by atoms with E-state index in [0.29, 0.717) is 14.5 Å². The second-order valence-corrected chi connectivity index (χ2v) is 6.28. The lowest BCUT2D eigenvalue weighted by Gasteiger charge is -2.18. The number of carbonyl (C=O) groups excluding carboxylic acids is 1. The zero-order chi connectivity index (χ0) is 15.6. The van der Waals surface area contributed by atoms with Crippen molar-refractivity contribution in [2.45, 2.75) is 6.54 Å². The number of amides is 1. The summed E-state index contributed by atoms with van der Waals surface area (Å²) >= 11 is 15.1. The van der Waals surface area contributed by atoms with E-state index in [9.17, 15) is 9.18 Å². The summed E-state index contributed by atoms with van der Waals surface area (Å²) in [5, 5.41) is 0.993. The second kappa shape index (κ2) is 6.77. The van der Waals surface area contributed by atoms with Gasteiger partial charge in [-0.25, -0.2) is 4.39 Å². The number of halogens is 4. The van der Waals surface area contributed by atoms with E-state index in [0.717, 1.165) is 5.56 Å². The Kier molecular flexibility index (Phi) is 5.25. The highest BCUT2D eigenvalue weighted by Gasteiger charge is 2.17. The molecule has 0 aliphatic rings. The van der Waals surface area contributed by atoms with Gasteiger partial charge in [0.2, 0.25) is 0 Å². The van der Waals surface area contributed by atoms with Crippen LogP contribution in [0.4, 0.5) is 4.39 Å². The number of rotatable bonds is 3. The van der Waals surface area contributed by atoms with Crippen molar-refractivity contribution in [3.63, 3.8) is 0 Å². The summed E-state index contributed by atoms with van der Waals surface area (Å²) in [6.07, 6.45) is 0. The minimum Gasteiger partial charge on any atom is -0.337 e. The highest BCUT2D eigenvalue weighted by Crippen LogP contribution is 2.23. The molecule has 2 nitrogen and oxygen atoms in total. The minimum absolute atomic E-state index is 0.0111. The van der Waals surface area contributed by atoms with E-state index in [1.54, 1.807) is 31.3 Å². The van der Waals surface area contributed by atoms with Crippen molar-refractivity contribution < 1.29 is 9.18 Å². The summed E-state index contributed by atoms with van der Waals surface area (Å²) in [5.41, 5.74) is 0.754. The molecule has 0 saturated heterocycles. The standard InChI is InChI=1S/C15H11BrCl2FNO/c1-20(8-9-2-4-11(17)7-13(9)18)15(21)12-6-10(16)3-5-14(12)19/h2-7H,8H2,1H3. The van der Waals surface area contributed by atoms with Crippen molar-refractivity contribution in [3.05, 3.63) is 67.9 Å². The zero-order valence-corrected chi connectivity index (χ0v) is 14.1. The Hall–Kier alpha value is -1.10. The van der Waals surface area contributed by atoms with Crippen molar-refractivity contribution in [2.75, 3.05) is 7.05 Å². The summed E-state index contributed by atoms with van der Waals surface area (Å²) in [5.74, 6) is -0.975. The Labute approximate surface area is 140 Å². The Morgan fingerprint density at radius 3 is 2.62 bits per heavy atom. The smallest absolute Gasteiger partial charge is 0.256 e. The summed E-state index contributed by atoms with van der Waals surface area (Å²) in [4.78, 5) is 13.7. The average Bonchev–Trinajstić information content (AvgIpc) is 2.43. The molecule has 0 aliphatic carbocycles. The van der Waals surface area contributed by atoms with Crippen molar-refractivity contribution in [3.8, 4) is 0 Å². The maximum atomic E-state index is 13.7. The van der Waals surface area contributed by atoms with E-state index in [1.165, 1.54) is 17.0 Å². The predicted molar refractivity (Wildman–Crippen MR) is 86.4 cm³/mol. The molecular weight excluding hydrogens is 380 g/mol. The molecule has 0 aliphatic heterocycles. The molecule has 2 rings (SSSR count). The molecule has 21 heavy (non-hydrogen) atoms. The van der Waals surface area contributed by atoms with E-state index in [-0.39, 0.29) is 12.1 Å². The molecule has 0 saturated carbocycles. The lowest BCUT2D eigenvalue weighted by atomic mass is 10.1. The third-order valence-corrected chi connectivity index (χ3v) is 4.01. The fraction of sp³-hybridized carbons (Fsp3) is 0.133. The van der Waals surface area contributed by atoms with E-state index >= 15 is 0 Å². The molecule has 6 heteroatoms. The lowest BCUT2D eigenvalue weighted by molar-refractivity contribution is 0.0780. The van der Waals surface area contributed by atoms with Crippen LogP contribution in [-0.4, -0.2) is 17.9 Å². The largest absolute Gasteiger partial charge is 0.337 e. The van der Waals surface area contributed by atoms with E-state index in [4.69, 9.17) is 23.2 Å². The quantitative estimate of drug-likeness (QED) is 0.708. The van der Waals surface area contributed by atoms with Crippen LogP contribution < -0.4 is 0 Å². The molecule has 0 spiro atoms. The summed E-state index contributed by atoms with van der Waals surface area (Å²) in [6, 6.07) is 9.29. The van der Waals surface area contributed by atoms with Crippen LogP contribution in [0.25, 0.3) is 0 Å². The van der Waals surface area contributed by atoms with Crippen LogP contribution >= 0.6 is 39.1 Å². The van der Waals surface area contributed by atoms with Gasteiger partial charge in [0.25, 0.3) is 5.91 Å². The van der Waals surface area contributed by atoms with Gasteiger partial charge in [-0.15, -0.1) is 0 Å². The molecule has 0 heterocycles. The Balaban J connectivity index is 2.21. The predicted octanol–water partition coefficient (Wildman–Crippen LogP) is 5.17. The molecular formula is C15H11BrCl2FNO. The lowest BCUT2D eigenvalue weighted by Crippen LogP contribution is -2.27. The molecule has 0 aromatic heterocycles. The van der Waals surface area contributed by atoms with Crippen LogP contribution in [0.2, 0.25) is 10.0 Å². The first-order chi connectivity index (χ1) is 9.88. The minimum atomic E-state index is -0.558. The zero-order valence-electron chi connectivity index (χ0n) is 11.0. The van der Waals surface area contributed by atoms with E-state index in [2.05, 4.69) is 15.9 Å². The molecule has 0 radical (unpaired) electrons. The van der Waals surface area contributed by atoms with Gasteiger partial charge in [-0.1, -0.05) is 45.2 Å². The van der Waals surface area contributed by atoms with Crippen LogP contribution in [-0.2, 0) is 6.54 Å². The van der Waals surface area contributed by atoms with Crippen molar-refractivity contribution in [2.24, 2.45) is 0 Å². The molecule has 0 unspecified atom stereocenters. The molecule has 1 amide bonds. The van der Waals surface area contributed by atoms with Crippen LogP contribution in [0, 0.1) is 5.82 Å². The molecule has 110 valence electrons. The van der Waals surface area contributed by atoms with Gasteiger partial charge in [-0.3, -0.25) is 4.79 Å². The first-order valence-electron chi connectivity index (χ1n) is 6.03. The first-order valence-corrected chi connectivity index (χ1v) is 7.58. The van der Waals surface area contributed by atoms with Gasteiger partial charge in [0.1, 0.15) is 5.82 Å². The van der Waals surface area contributed by atoms with Crippen molar-refractivity contribution >= 4 is 45.0 Å². The maximum Gasteiger partial charge on any atom is 0.256 e. The number of hydrogen-bond donors (Lipinski definition) is 0. The summed E-state index contributed by atoms with van der Waals surface area (Å²) in [6.45, 7) is 0.265. The summed E-state index contributed by atoms with van der Waals surface area (Å²) < 4.78 is 14.4. The Morgan fingerprint density at radius 1 is 1.24 bits per heavy atom.